The van der Waals surface area contributed by atoms with Gasteiger partial charge in [0.15, 0.2) is 21.3 Å². The average molecular weight is 618 g/mol. The number of hydrogen-bond donors (Lipinski definition) is 2. The molecule has 2 N–H and O–H groups in total. The Morgan fingerprint density at radius 1 is 1.16 bits per heavy atom. The van der Waals surface area contributed by atoms with Crippen LogP contribution in [0, 0.1) is 12.8 Å². The highest BCUT2D eigenvalue weighted by molar-refractivity contribution is 7.90. The number of imidazole rings is 1. The highest BCUT2D eigenvalue weighted by Gasteiger charge is 2.44. The number of nitrogens with zero attached hydrogens (tertiary/aromatic N) is 5. The van der Waals surface area contributed by atoms with Crippen molar-refractivity contribution in [2.45, 2.75) is 56.3 Å². The number of halogens is 3. The van der Waals surface area contributed by atoms with E-state index in [9.17, 15) is 26.4 Å². The quantitative estimate of drug-likeness (QED) is 0.275. The van der Waals surface area contributed by atoms with Crippen molar-refractivity contribution in [3.05, 3.63) is 41.9 Å². The number of aryl methyl sites for hydroxylation is 2. The van der Waals surface area contributed by atoms with Gasteiger partial charge in [-0.25, -0.2) is 31.6 Å². The van der Waals surface area contributed by atoms with Gasteiger partial charge in [0.25, 0.3) is 6.43 Å². The molecular formula is C28H30F3N7O4S. The van der Waals surface area contributed by atoms with Crippen molar-refractivity contribution in [1.29, 1.82) is 0 Å². The summed E-state index contributed by atoms with van der Waals surface area (Å²) in [6, 6.07) is 6.10. The summed E-state index contributed by atoms with van der Waals surface area (Å²) in [4.78, 5) is 21.2. The molecule has 228 valence electrons. The Hall–Kier alpha value is -3.98. The first-order valence-corrected chi connectivity index (χ1v) is 15.7. The van der Waals surface area contributed by atoms with Gasteiger partial charge < -0.3 is 15.4 Å². The van der Waals surface area contributed by atoms with Gasteiger partial charge in [-0.05, 0) is 50.3 Å². The van der Waals surface area contributed by atoms with Crippen LogP contribution >= 0.6 is 0 Å². The number of carbonyl (C=O) groups excluding carboxylic acids is 1. The van der Waals surface area contributed by atoms with Crippen LogP contribution in [0.1, 0.15) is 49.7 Å². The smallest absolute Gasteiger partial charge is 0.295 e. The molecule has 2 aliphatic rings. The second-order valence-electron chi connectivity index (χ2n) is 11.0. The summed E-state index contributed by atoms with van der Waals surface area (Å²) in [5.74, 6) is -2.02. The SMILES string of the molecule is Cc1cn(C)nc1-c1ccc(Nc2cc(NC(=O)[C@@H]3C[C@@H]3F)nc3c2nc(C(F)F)n3C2CCCCO2)c(S(C)(=O)=O)c1. The monoisotopic (exact) mass is 617 g/mol. The molecule has 4 heterocycles. The summed E-state index contributed by atoms with van der Waals surface area (Å²) in [5, 5.41) is 10.0. The molecule has 15 heteroatoms. The van der Waals surface area contributed by atoms with E-state index in [4.69, 9.17) is 4.74 Å². The fourth-order valence-electron chi connectivity index (χ4n) is 5.38. The second-order valence-corrected chi connectivity index (χ2v) is 13.0. The van der Waals surface area contributed by atoms with E-state index in [1.54, 1.807) is 23.9 Å². The lowest BCUT2D eigenvalue weighted by Gasteiger charge is -2.25. The van der Waals surface area contributed by atoms with Gasteiger partial charge in [0.2, 0.25) is 5.91 Å². The fraction of sp³-hybridized carbons (Fsp3) is 0.429. The minimum absolute atomic E-state index is 0.0109. The molecule has 1 saturated heterocycles. The minimum Gasteiger partial charge on any atom is -0.358 e. The van der Waals surface area contributed by atoms with Crippen molar-refractivity contribution in [3.63, 3.8) is 0 Å². The Kier molecular flexibility index (Phi) is 7.40. The van der Waals surface area contributed by atoms with Gasteiger partial charge in [0.05, 0.1) is 27.9 Å². The molecule has 1 amide bonds. The fourth-order valence-corrected chi connectivity index (χ4v) is 6.24. The van der Waals surface area contributed by atoms with E-state index < -0.39 is 46.3 Å². The topological polar surface area (TPSA) is 133 Å². The summed E-state index contributed by atoms with van der Waals surface area (Å²) in [5.41, 5.74) is 2.34. The molecule has 2 fully saturated rings. The Morgan fingerprint density at radius 3 is 2.53 bits per heavy atom. The number of sulfone groups is 1. The molecule has 1 aliphatic heterocycles. The molecule has 43 heavy (non-hydrogen) atoms. The van der Waals surface area contributed by atoms with Gasteiger partial charge in [0.1, 0.15) is 23.7 Å². The molecule has 6 rings (SSSR count). The number of alkyl halides is 3. The zero-order chi connectivity index (χ0) is 30.6. The van der Waals surface area contributed by atoms with E-state index in [1.165, 1.54) is 16.7 Å². The van der Waals surface area contributed by atoms with Crippen LogP contribution < -0.4 is 10.6 Å². The van der Waals surface area contributed by atoms with E-state index >= 15 is 0 Å². The van der Waals surface area contributed by atoms with Crippen molar-refractivity contribution in [2.75, 3.05) is 23.5 Å². The number of amides is 1. The van der Waals surface area contributed by atoms with Crippen LogP contribution in [-0.4, -0.2) is 57.7 Å². The maximum Gasteiger partial charge on any atom is 0.295 e. The molecular weight excluding hydrogens is 587 g/mol. The van der Waals surface area contributed by atoms with Gasteiger partial charge in [0, 0.05) is 37.7 Å². The highest BCUT2D eigenvalue weighted by Crippen LogP contribution is 2.39. The summed E-state index contributed by atoms with van der Waals surface area (Å²) in [7, 11) is -2.04. The molecule has 1 unspecified atom stereocenters. The van der Waals surface area contributed by atoms with Crippen molar-refractivity contribution < 1.29 is 31.1 Å². The predicted octanol–water partition coefficient (Wildman–Crippen LogP) is 5.22. The molecule has 11 nitrogen and oxygen atoms in total. The second kappa shape index (κ2) is 10.9. The minimum atomic E-state index is -3.80. The predicted molar refractivity (Wildman–Crippen MR) is 153 cm³/mol. The average Bonchev–Trinajstić information content (AvgIpc) is 3.40. The van der Waals surface area contributed by atoms with Crippen LogP contribution in [0.3, 0.4) is 0 Å². The van der Waals surface area contributed by atoms with Gasteiger partial charge in [-0.2, -0.15) is 5.10 Å². The number of ether oxygens (including phenoxy) is 1. The van der Waals surface area contributed by atoms with Crippen molar-refractivity contribution in [2.24, 2.45) is 13.0 Å². The molecule has 1 aliphatic carbocycles. The Bertz CT molecular complexity index is 1830. The molecule has 0 radical (unpaired) electrons. The normalized spacial score (nSPS) is 20.5. The maximum atomic E-state index is 14.3. The number of rotatable bonds is 8. The lowest BCUT2D eigenvalue weighted by atomic mass is 10.1. The van der Waals surface area contributed by atoms with Gasteiger partial charge >= 0.3 is 0 Å². The van der Waals surface area contributed by atoms with Crippen molar-refractivity contribution in [1.82, 2.24) is 24.3 Å². The van der Waals surface area contributed by atoms with Crippen molar-refractivity contribution in [3.8, 4) is 11.3 Å². The third-order valence-corrected chi connectivity index (χ3v) is 8.69. The lowest BCUT2D eigenvalue weighted by molar-refractivity contribution is -0.117. The first kappa shape index (κ1) is 29.1. The first-order valence-electron chi connectivity index (χ1n) is 13.8. The largest absolute Gasteiger partial charge is 0.358 e. The summed E-state index contributed by atoms with van der Waals surface area (Å²) in [6.45, 7) is 2.23. The molecule has 1 aromatic carbocycles. The number of carbonyl (C=O) groups is 1. The van der Waals surface area contributed by atoms with E-state index in [0.717, 1.165) is 24.7 Å². The van der Waals surface area contributed by atoms with Gasteiger partial charge in [-0.15, -0.1) is 0 Å². The summed E-state index contributed by atoms with van der Waals surface area (Å²) >= 11 is 0. The molecule has 4 aromatic rings. The van der Waals surface area contributed by atoms with E-state index in [2.05, 4.69) is 25.7 Å². The van der Waals surface area contributed by atoms with Crippen LogP contribution in [0.15, 0.2) is 35.4 Å². The maximum absolute atomic E-state index is 14.3. The van der Waals surface area contributed by atoms with Gasteiger partial charge in [-0.3, -0.25) is 14.0 Å². The number of nitrogens with one attached hydrogen (secondary N) is 2. The van der Waals surface area contributed by atoms with Gasteiger partial charge in [-0.1, -0.05) is 6.07 Å². The molecule has 3 atom stereocenters. The van der Waals surface area contributed by atoms with Crippen LogP contribution in [0.2, 0.25) is 0 Å². The Balaban J connectivity index is 1.50. The number of benzene rings is 1. The van der Waals surface area contributed by atoms with Crippen molar-refractivity contribution >= 4 is 44.1 Å². The Labute approximate surface area is 245 Å². The third-order valence-electron chi connectivity index (χ3n) is 7.55. The summed E-state index contributed by atoms with van der Waals surface area (Å²) in [6.07, 6.45) is -0.0684. The number of fused-ring (bicyclic) bond motifs is 1. The lowest BCUT2D eigenvalue weighted by Crippen LogP contribution is -2.21. The van der Waals surface area contributed by atoms with E-state index in [-0.39, 0.29) is 39.7 Å². The molecule has 0 spiro atoms. The van der Waals surface area contributed by atoms with Crippen LogP contribution in [-0.2, 0) is 26.4 Å². The molecule has 3 aromatic heterocycles. The third kappa shape index (κ3) is 5.70. The van der Waals surface area contributed by atoms with Crippen LogP contribution in [0.4, 0.5) is 30.4 Å². The molecule has 0 bridgehead atoms. The van der Waals surface area contributed by atoms with E-state index in [1.807, 2.05) is 13.1 Å². The highest BCUT2D eigenvalue weighted by atomic mass is 32.2. The Morgan fingerprint density at radius 2 is 1.93 bits per heavy atom. The number of pyridine rings is 1. The van der Waals surface area contributed by atoms with Crippen LogP contribution in [0.25, 0.3) is 22.4 Å². The number of hydrogen-bond acceptors (Lipinski definition) is 8. The first-order chi connectivity index (χ1) is 20.4. The zero-order valence-electron chi connectivity index (χ0n) is 23.6. The standard InChI is InChI=1S/C28H30F3N7O4S/c1-14-13-37(2)36-23(14)15-7-8-18(20(10-15)43(3,40)41)32-19-12-21(34-28(39)16-11-17(16)29)33-26-24(19)35-27(25(30)31)38(26)22-6-4-5-9-42-22/h7-8,10,12-13,16-17,22,25H,4-6,9,11H2,1-3H3,(H2,32,33,34,39)/t16-,17+,22?/m1/s1. The van der Waals surface area contributed by atoms with Crippen LogP contribution in [0.5, 0.6) is 0 Å². The molecule has 1 saturated carbocycles. The van der Waals surface area contributed by atoms with E-state index in [0.29, 0.717) is 24.3 Å². The number of aromatic nitrogens is 5. The number of anilines is 3. The zero-order valence-corrected chi connectivity index (χ0v) is 24.5. The summed E-state index contributed by atoms with van der Waals surface area (Å²) < 4.78 is 76.8.